The van der Waals surface area contributed by atoms with Crippen LogP contribution in [0.25, 0.3) is 11.1 Å². The first-order valence-electron chi connectivity index (χ1n) is 11.0. The van der Waals surface area contributed by atoms with Gasteiger partial charge in [-0.25, -0.2) is 4.79 Å². The van der Waals surface area contributed by atoms with Crippen molar-refractivity contribution in [3.05, 3.63) is 53.6 Å². The standard InChI is InChI=1S/C26H33NO3/c1-4-5-6-7-8-9-16-30-22-14-15-23(24(17-22)25(18-27)19(2)3)20-10-12-21(13-11-20)26(28)29/h10-15,17,19,25H,4-9,16H2,1-3H3,(H,28,29). The van der Waals surface area contributed by atoms with Gasteiger partial charge in [0.2, 0.25) is 0 Å². The Hall–Kier alpha value is -2.80. The zero-order valence-corrected chi connectivity index (χ0v) is 18.4. The minimum Gasteiger partial charge on any atom is -0.494 e. The van der Waals surface area contributed by atoms with Crippen LogP contribution in [0.15, 0.2) is 42.5 Å². The van der Waals surface area contributed by atoms with Crippen LogP contribution in [0.1, 0.15) is 81.1 Å². The normalized spacial score (nSPS) is 11.8. The molecular weight excluding hydrogens is 374 g/mol. The Balaban J connectivity index is 2.19. The molecule has 1 unspecified atom stereocenters. The highest BCUT2D eigenvalue weighted by Crippen LogP contribution is 2.36. The molecule has 2 rings (SSSR count). The molecule has 0 radical (unpaired) electrons. The van der Waals surface area contributed by atoms with Gasteiger partial charge in [0.1, 0.15) is 5.75 Å². The zero-order valence-electron chi connectivity index (χ0n) is 18.4. The summed E-state index contributed by atoms with van der Waals surface area (Å²) in [7, 11) is 0. The lowest BCUT2D eigenvalue weighted by Gasteiger charge is -2.19. The summed E-state index contributed by atoms with van der Waals surface area (Å²) in [6.07, 6.45) is 7.28. The van der Waals surface area contributed by atoms with Crippen LogP contribution >= 0.6 is 0 Å². The Labute approximate surface area is 180 Å². The first-order valence-corrected chi connectivity index (χ1v) is 11.0. The molecule has 4 heteroatoms. The van der Waals surface area contributed by atoms with Crippen molar-refractivity contribution in [3.8, 4) is 22.9 Å². The van der Waals surface area contributed by atoms with Crippen LogP contribution in [-0.4, -0.2) is 17.7 Å². The van der Waals surface area contributed by atoms with Crippen molar-refractivity contribution in [1.29, 1.82) is 5.26 Å². The van der Waals surface area contributed by atoms with Crippen LogP contribution in [0.4, 0.5) is 0 Å². The number of carbonyl (C=O) groups is 1. The third-order valence-electron chi connectivity index (χ3n) is 5.37. The number of ether oxygens (including phenoxy) is 1. The lowest BCUT2D eigenvalue weighted by atomic mass is 9.84. The van der Waals surface area contributed by atoms with Crippen molar-refractivity contribution in [1.82, 2.24) is 0 Å². The van der Waals surface area contributed by atoms with Crippen molar-refractivity contribution in [2.45, 2.75) is 65.2 Å². The summed E-state index contributed by atoms with van der Waals surface area (Å²) < 4.78 is 5.98. The van der Waals surface area contributed by atoms with Crippen molar-refractivity contribution in [2.24, 2.45) is 5.92 Å². The molecule has 30 heavy (non-hydrogen) atoms. The molecule has 0 aliphatic carbocycles. The monoisotopic (exact) mass is 407 g/mol. The third-order valence-corrected chi connectivity index (χ3v) is 5.37. The molecule has 0 heterocycles. The summed E-state index contributed by atoms with van der Waals surface area (Å²) in [5.74, 6) is -0.278. The topological polar surface area (TPSA) is 70.3 Å². The number of hydrogen-bond donors (Lipinski definition) is 1. The van der Waals surface area contributed by atoms with E-state index in [0.717, 1.165) is 28.9 Å². The van der Waals surface area contributed by atoms with Gasteiger partial charge in [0.25, 0.3) is 0 Å². The second-order valence-electron chi connectivity index (χ2n) is 8.10. The van der Waals surface area contributed by atoms with Crippen molar-refractivity contribution in [3.63, 3.8) is 0 Å². The van der Waals surface area contributed by atoms with Gasteiger partial charge in [-0.1, -0.05) is 71.1 Å². The number of benzene rings is 2. The van der Waals surface area contributed by atoms with E-state index in [1.54, 1.807) is 24.3 Å². The lowest BCUT2D eigenvalue weighted by Crippen LogP contribution is -2.07. The molecule has 1 atom stereocenters. The Morgan fingerprint density at radius 1 is 1.03 bits per heavy atom. The number of aromatic carboxylic acids is 1. The van der Waals surface area contributed by atoms with Gasteiger partial charge in [-0.2, -0.15) is 5.26 Å². The van der Waals surface area contributed by atoms with Gasteiger partial charge in [-0.05, 0) is 53.3 Å². The summed E-state index contributed by atoms with van der Waals surface area (Å²) in [4.78, 5) is 11.1. The van der Waals surface area contributed by atoms with Crippen LogP contribution in [0.3, 0.4) is 0 Å². The van der Waals surface area contributed by atoms with Crippen LogP contribution in [0.2, 0.25) is 0 Å². The number of hydrogen-bond acceptors (Lipinski definition) is 3. The highest BCUT2D eigenvalue weighted by molar-refractivity contribution is 5.88. The minimum atomic E-state index is -0.947. The van der Waals surface area contributed by atoms with Crippen molar-refractivity contribution in [2.75, 3.05) is 6.61 Å². The number of rotatable bonds is 12. The summed E-state index contributed by atoms with van der Waals surface area (Å²) in [5, 5.41) is 18.9. The first kappa shape index (κ1) is 23.5. The van der Waals surface area contributed by atoms with Gasteiger partial charge in [0.05, 0.1) is 24.2 Å². The number of unbranched alkanes of at least 4 members (excludes halogenated alkanes) is 5. The predicted molar refractivity (Wildman–Crippen MR) is 121 cm³/mol. The van der Waals surface area contributed by atoms with Gasteiger partial charge in [0, 0.05) is 0 Å². The first-order chi connectivity index (χ1) is 14.5. The molecule has 0 aliphatic heterocycles. The van der Waals surface area contributed by atoms with Crippen molar-refractivity contribution >= 4 is 5.97 Å². The fraction of sp³-hybridized carbons (Fsp3) is 0.462. The van der Waals surface area contributed by atoms with E-state index in [1.165, 1.54) is 32.1 Å². The lowest BCUT2D eigenvalue weighted by molar-refractivity contribution is 0.0697. The van der Waals surface area contributed by atoms with E-state index in [1.807, 2.05) is 32.0 Å². The molecule has 1 N–H and O–H groups in total. The highest BCUT2D eigenvalue weighted by Gasteiger charge is 2.20. The van der Waals surface area contributed by atoms with Crippen LogP contribution in [0.5, 0.6) is 5.75 Å². The highest BCUT2D eigenvalue weighted by atomic mass is 16.5. The van der Waals surface area contributed by atoms with Crippen LogP contribution in [0, 0.1) is 17.2 Å². The van der Waals surface area contributed by atoms with E-state index >= 15 is 0 Å². The molecule has 0 saturated carbocycles. The molecule has 160 valence electrons. The Morgan fingerprint density at radius 2 is 1.70 bits per heavy atom. The molecule has 2 aromatic carbocycles. The maximum Gasteiger partial charge on any atom is 0.335 e. The largest absolute Gasteiger partial charge is 0.494 e. The maximum atomic E-state index is 11.1. The number of nitriles is 1. The number of carboxylic acids is 1. The fourth-order valence-corrected chi connectivity index (χ4v) is 3.59. The zero-order chi connectivity index (χ0) is 21.9. The Bertz CT molecular complexity index is 850. The predicted octanol–water partition coefficient (Wildman–Crippen LogP) is 7.05. The Kier molecular flexibility index (Phi) is 9.41. The fourth-order valence-electron chi connectivity index (χ4n) is 3.59. The van der Waals surface area contributed by atoms with Gasteiger partial charge in [0.15, 0.2) is 0 Å². The molecule has 2 aromatic rings. The summed E-state index contributed by atoms with van der Waals surface area (Å²) in [5.41, 5.74) is 3.02. The van der Waals surface area contributed by atoms with E-state index in [0.29, 0.717) is 6.61 Å². The summed E-state index contributed by atoms with van der Waals surface area (Å²) in [6, 6.07) is 15.1. The molecule has 0 aliphatic rings. The van der Waals surface area contributed by atoms with Gasteiger partial charge in [-0.15, -0.1) is 0 Å². The second-order valence-corrected chi connectivity index (χ2v) is 8.10. The molecule has 0 saturated heterocycles. The second kappa shape index (κ2) is 12.0. The Morgan fingerprint density at radius 3 is 2.30 bits per heavy atom. The van der Waals surface area contributed by atoms with E-state index in [2.05, 4.69) is 13.0 Å². The molecule has 0 bridgehead atoms. The van der Waals surface area contributed by atoms with E-state index in [9.17, 15) is 10.1 Å². The molecule has 0 aromatic heterocycles. The maximum absolute atomic E-state index is 11.1. The quantitative estimate of drug-likeness (QED) is 0.383. The average molecular weight is 408 g/mol. The minimum absolute atomic E-state index is 0.154. The van der Waals surface area contributed by atoms with Crippen LogP contribution < -0.4 is 4.74 Å². The van der Waals surface area contributed by atoms with E-state index in [-0.39, 0.29) is 17.4 Å². The summed E-state index contributed by atoms with van der Waals surface area (Å²) >= 11 is 0. The third kappa shape index (κ3) is 6.62. The van der Waals surface area contributed by atoms with Gasteiger partial charge >= 0.3 is 5.97 Å². The van der Waals surface area contributed by atoms with Crippen LogP contribution in [-0.2, 0) is 0 Å². The SMILES string of the molecule is CCCCCCCCOc1ccc(-c2ccc(C(=O)O)cc2)c(C(C#N)C(C)C)c1. The summed E-state index contributed by atoms with van der Waals surface area (Å²) in [6.45, 7) is 6.97. The van der Waals surface area contributed by atoms with Gasteiger partial charge < -0.3 is 9.84 Å². The average Bonchev–Trinajstić information content (AvgIpc) is 2.73. The van der Waals surface area contributed by atoms with E-state index in [4.69, 9.17) is 9.84 Å². The van der Waals surface area contributed by atoms with Gasteiger partial charge in [-0.3, -0.25) is 0 Å². The molecule has 0 fully saturated rings. The smallest absolute Gasteiger partial charge is 0.335 e. The molecule has 4 nitrogen and oxygen atoms in total. The number of nitrogens with zero attached hydrogens (tertiary/aromatic N) is 1. The molecule has 0 spiro atoms. The van der Waals surface area contributed by atoms with Crippen molar-refractivity contribution < 1.29 is 14.6 Å². The molecular formula is C26H33NO3. The van der Waals surface area contributed by atoms with E-state index < -0.39 is 5.97 Å². The number of carboxylic acid groups (broad SMARTS) is 1. The molecule has 0 amide bonds.